The molecule has 2 unspecified atom stereocenters. The monoisotopic (exact) mass is 248 g/mol. The zero-order chi connectivity index (χ0) is 13.1. The molecule has 0 amide bonds. The highest BCUT2D eigenvalue weighted by Crippen LogP contribution is 2.25. The largest absolute Gasteiger partial charge is 0.497 e. The first kappa shape index (κ1) is 13.2. The minimum absolute atomic E-state index is 0.586. The van der Waals surface area contributed by atoms with Crippen LogP contribution in [0, 0.1) is 6.92 Å². The zero-order valence-electron chi connectivity index (χ0n) is 11.9. The molecule has 1 heterocycles. The van der Waals surface area contributed by atoms with Gasteiger partial charge in [-0.25, -0.2) is 0 Å². The van der Waals surface area contributed by atoms with Crippen molar-refractivity contribution in [1.29, 1.82) is 0 Å². The summed E-state index contributed by atoms with van der Waals surface area (Å²) in [7, 11) is 3.92. The smallest absolute Gasteiger partial charge is 0.119 e. The number of piperidine rings is 1. The fraction of sp³-hybridized carbons (Fsp3) is 0.600. The van der Waals surface area contributed by atoms with E-state index in [2.05, 4.69) is 43.2 Å². The normalized spacial score (nSPS) is 24.9. The lowest BCUT2D eigenvalue weighted by molar-refractivity contribution is 0.190. The first-order chi connectivity index (χ1) is 8.60. The Labute approximate surface area is 110 Å². The number of methoxy groups -OCH3 is 1. The SMILES string of the molecule is COc1ccc(NC2CCN(C)C(C)C2)c(C)c1. The van der Waals surface area contributed by atoms with Gasteiger partial charge in [-0.1, -0.05) is 0 Å². The zero-order valence-corrected chi connectivity index (χ0v) is 11.9. The highest BCUT2D eigenvalue weighted by molar-refractivity contribution is 5.54. The maximum absolute atomic E-state index is 5.24. The van der Waals surface area contributed by atoms with Crippen molar-refractivity contribution in [2.45, 2.75) is 38.8 Å². The summed E-state index contributed by atoms with van der Waals surface area (Å²) in [6.07, 6.45) is 2.42. The number of hydrogen-bond donors (Lipinski definition) is 1. The van der Waals surface area contributed by atoms with Gasteiger partial charge in [0.2, 0.25) is 0 Å². The molecule has 1 N–H and O–H groups in total. The molecule has 3 heteroatoms. The average Bonchev–Trinajstić information content (AvgIpc) is 2.36. The molecule has 1 aliphatic heterocycles. The van der Waals surface area contributed by atoms with Gasteiger partial charge in [0.1, 0.15) is 5.75 Å². The lowest BCUT2D eigenvalue weighted by Gasteiger charge is -2.36. The number of likely N-dealkylation sites (tertiary alicyclic amines) is 1. The Balaban J connectivity index is 2.01. The third kappa shape index (κ3) is 2.96. The van der Waals surface area contributed by atoms with E-state index in [4.69, 9.17) is 4.74 Å². The lowest BCUT2D eigenvalue weighted by Crippen LogP contribution is -2.42. The van der Waals surface area contributed by atoms with Crippen LogP contribution in [0.3, 0.4) is 0 Å². The quantitative estimate of drug-likeness (QED) is 0.890. The van der Waals surface area contributed by atoms with E-state index in [0.29, 0.717) is 12.1 Å². The fourth-order valence-corrected chi connectivity index (χ4v) is 2.57. The summed E-state index contributed by atoms with van der Waals surface area (Å²) >= 11 is 0. The highest BCUT2D eigenvalue weighted by Gasteiger charge is 2.22. The number of rotatable bonds is 3. The van der Waals surface area contributed by atoms with Crippen molar-refractivity contribution < 1.29 is 4.74 Å². The van der Waals surface area contributed by atoms with Crippen LogP contribution in [0.4, 0.5) is 5.69 Å². The molecular weight excluding hydrogens is 224 g/mol. The number of aryl methyl sites for hydroxylation is 1. The van der Waals surface area contributed by atoms with Gasteiger partial charge in [0.25, 0.3) is 0 Å². The Bertz CT molecular complexity index is 405. The van der Waals surface area contributed by atoms with Gasteiger partial charge < -0.3 is 15.0 Å². The minimum Gasteiger partial charge on any atom is -0.497 e. The van der Waals surface area contributed by atoms with E-state index in [1.807, 2.05) is 6.07 Å². The Morgan fingerprint density at radius 2 is 2.17 bits per heavy atom. The van der Waals surface area contributed by atoms with E-state index in [9.17, 15) is 0 Å². The van der Waals surface area contributed by atoms with Crippen LogP contribution in [0.15, 0.2) is 18.2 Å². The molecule has 0 saturated carbocycles. The van der Waals surface area contributed by atoms with Gasteiger partial charge >= 0.3 is 0 Å². The maximum atomic E-state index is 5.24. The average molecular weight is 248 g/mol. The summed E-state index contributed by atoms with van der Waals surface area (Å²) in [5.41, 5.74) is 2.48. The summed E-state index contributed by atoms with van der Waals surface area (Å²) in [4.78, 5) is 2.43. The molecule has 1 saturated heterocycles. The van der Waals surface area contributed by atoms with E-state index in [0.717, 1.165) is 5.75 Å². The topological polar surface area (TPSA) is 24.5 Å². The van der Waals surface area contributed by atoms with E-state index in [-0.39, 0.29) is 0 Å². The van der Waals surface area contributed by atoms with E-state index in [1.165, 1.54) is 30.6 Å². The summed E-state index contributed by atoms with van der Waals surface area (Å²) in [6.45, 7) is 5.60. The van der Waals surface area contributed by atoms with Gasteiger partial charge in [-0.3, -0.25) is 0 Å². The second kappa shape index (κ2) is 5.61. The molecule has 0 radical (unpaired) electrons. The van der Waals surface area contributed by atoms with Gasteiger partial charge in [0.15, 0.2) is 0 Å². The third-order valence-electron chi connectivity index (χ3n) is 4.00. The second-order valence-corrected chi connectivity index (χ2v) is 5.38. The lowest BCUT2D eigenvalue weighted by atomic mass is 9.98. The van der Waals surface area contributed by atoms with E-state index in [1.54, 1.807) is 7.11 Å². The summed E-state index contributed by atoms with van der Waals surface area (Å²) < 4.78 is 5.24. The molecule has 2 rings (SSSR count). The molecule has 1 aromatic carbocycles. The van der Waals surface area contributed by atoms with Crippen molar-refractivity contribution in [2.24, 2.45) is 0 Å². The number of nitrogens with one attached hydrogen (secondary N) is 1. The Morgan fingerprint density at radius 1 is 1.39 bits per heavy atom. The van der Waals surface area contributed by atoms with Crippen LogP contribution in [0.2, 0.25) is 0 Å². The second-order valence-electron chi connectivity index (χ2n) is 5.38. The van der Waals surface area contributed by atoms with Crippen LogP contribution < -0.4 is 10.1 Å². The van der Waals surface area contributed by atoms with Crippen molar-refractivity contribution in [3.05, 3.63) is 23.8 Å². The maximum Gasteiger partial charge on any atom is 0.119 e. The van der Waals surface area contributed by atoms with Crippen molar-refractivity contribution >= 4 is 5.69 Å². The van der Waals surface area contributed by atoms with Crippen LogP contribution in [0.5, 0.6) is 5.75 Å². The number of ether oxygens (including phenoxy) is 1. The standard InChI is InChI=1S/C15H24N2O/c1-11-9-14(18-4)5-6-15(11)16-13-7-8-17(3)12(2)10-13/h5-6,9,12-13,16H,7-8,10H2,1-4H3. The van der Waals surface area contributed by atoms with E-state index < -0.39 is 0 Å². The fourth-order valence-electron chi connectivity index (χ4n) is 2.57. The molecule has 100 valence electrons. The molecular formula is C15H24N2O. The van der Waals surface area contributed by atoms with Crippen LogP contribution in [-0.4, -0.2) is 37.7 Å². The van der Waals surface area contributed by atoms with Gasteiger partial charge in [-0.05, 0) is 57.5 Å². The minimum atomic E-state index is 0.586. The van der Waals surface area contributed by atoms with Crippen LogP contribution in [-0.2, 0) is 0 Å². The van der Waals surface area contributed by atoms with Crippen molar-refractivity contribution in [1.82, 2.24) is 4.90 Å². The summed E-state index contributed by atoms with van der Waals surface area (Å²) in [5, 5.41) is 3.67. The number of anilines is 1. The number of hydrogen-bond acceptors (Lipinski definition) is 3. The predicted molar refractivity (Wildman–Crippen MR) is 76.5 cm³/mol. The first-order valence-electron chi connectivity index (χ1n) is 6.71. The summed E-state index contributed by atoms with van der Waals surface area (Å²) in [6, 6.07) is 7.48. The molecule has 0 aromatic heterocycles. The van der Waals surface area contributed by atoms with Gasteiger partial charge in [0.05, 0.1) is 7.11 Å². The van der Waals surface area contributed by atoms with Crippen molar-refractivity contribution in [3.8, 4) is 5.75 Å². The number of nitrogens with zero attached hydrogens (tertiary/aromatic N) is 1. The summed E-state index contributed by atoms with van der Waals surface area (Å²) in [5.74, 6) is 0.926. The van der Waals surface area contributed by atoms with Crippen LogP contribution in [0.1, 0.15) is 25.3 Å². The van der Waals surface area contributed by atoms with Crippen molar-refractivity contribution in [2.75, 3.05) is 26.0 Å². The molecule has 0 aliphatic carbocycles. The van der Waals surface area contributed by atoms with Gasteiger partial charge in [-0.15, -0.1) is 0 Å². The Kier molecular flexibility index (Phi) is 4.12. The number of benzene rings is 1. The predicted octanol–water partition coefficient (Wildman–Crippen LogP) is 2.90. The molecule has 0 spiro atoms. The molecule has 3 nitrogen and oxygen atoms in total. The van der Waals surface area contributed by atoms with E-state index >= 15 is 0 Å². The van der Waals surface area contributed by atoms with Crippen molar-refractivity contribution in [3.63, 3.8) is 0 Å². The van der Waals surface area contributed by atoms with Crippen LogP contribution in [0.25, 0.3) is 0 Å². The first-order valence-corrected chi connectivity index (χ1v) is 6.71. The molecule has 1 aromatic rings. The molecule has 18 heavy (non-hydrogen) atoms. The van der Waals surface area contributed by atoms with Crippen LogP contribution >= 0.6 is 0 Å². The molecule has 1 aliphatic rings. The third-order valence-corrected chi connectivity index (χ3v) is 4.00. The highest BCUT2D eigenvalue weighted by atomic mass is 16.5. The molecule has 2 atom stereocenters. The molecule has 0 bridgehead atoms. The Hall–Kier alpha value is -1.22. The Morgan fingerprint density at radius 3 is 2.78 bits per heavy atom. The molecule has 1 fully saturated rings. The van der Waals surface area contributed by atoms with Gasteiger partial charge in [0, 0.05) is 24.3 Å². The van der Waals surface area contributed by atoms with Gasteiger partial charge in [-0.2, -0.15) is 0 Å².